The predicted molar refractivity (Wildman–Crippen MR) is 68.6 cm³/mol. The Hall–Kier alpha value is -0.860. The van der Waals surface area contributed by atoms with Crippen molar-refractivity contribution in [3.63, 3.8) is 0 Å². The van der Waals surface area contributed by atoms with Crippen molar-refractivity contribution >= 4 is 21.4 Å². The average Bonchev–Trinajstić information content (AvgIpc) is 2.63. The van der Waals surface area contributed by atoms with Gasteiger partial charge in [-0.2, -0.15) is 0 Å². The molecule has 0 radical (unpaired) electrons. The average molecular weight is 219 g/mol. The molecule has 0 spiro atoms. The summed E-state index contributed by atoms with van der Waals surface area (Å²) in [5.74, 6) is 0. The third-order valence-electron chi connectivity index (χ3n) is 2.67. The molecule has 0 fully saturated rings. The molecule has 0 aliphatic heterocycles. The van der Waals surface area contributed by atoms with Crippen LogP contribution < -0.4 is 5.32 Å². The van der Waals surface area contributed by atoms with Crippen LogP contribution in [0.25, 0.3) is 10.1 Å². The van der Waals surface area contributed by atoms with Gasteiger partial charge in [-0.15, -0.1) is 11.3 Å². The Bertz CT molecular complexity index is 445. The molecule has 2 aromatic rings. The SMILES string of the molecule is CCNCc1sc2ccccc2c1CC. The van der Waals surface area contributed by atoms with Crippen LogP contribution in [0.1, 0.15) is 24.3 Å². The fourth-order valence-electron chi connectivity index (χ4n) is 1.92. The lowest BCUT2D eigenvalue weighted by atomic mass is 10.1. The second-order valence-corrected chi connectivity index (χ2v) is 4.77. The minimum absolute atomic E-state index is 1.01. The monoisotopic (exact) mass is 219 g/mol. The minimum Gasteiger partial charge on any atom is -0.312 e. The summed E-state index contributed by atoms with van der Waals surface area (Å²) in [6, 6.07) is 8.70. The smallest absolute Gasteiger partial charge is 0.0349 e. The first-order chi connectivity index (χ1) is 7.36. The van der Waals surface area contributed by atoms with Gasteiger partial charge in [0.2, 0.25) is 0 Å². The molecule has 1 aromatic carbocycles. The molecular formula is C13H17NS. The van der Waals surface area contributed by atoms with Crippen LogP contribution in [-0.4, -0.2) is 6.54 Å². The van der Waals surface area contributed by atoms with Gasteiger partial charge < -0.3 is 5.32 Å². The highest BCUT2D eigenvalue weighted by atomic mass is 32.1. The van der Waals surface area contributed by atoms with E-state index in [1.165, 1.54) is 20.5 Å². The van der Waals surface area contributed by atoms with Crippen molar-refractivity contribution in [1.82, 2.24) is 5.32 Å². The van der Waals surface area contributed by atoms with Crippen molar-refractivity contribution in [2.24, 2.45) is 0 Å². The molecule has 0 bridgehead atoms. The summed E-state index contributed by atoms with van der Waals surface area (Å²) in [5.41, 5.74) is 1.52. The van der Waals surface area contributed by atoms with E-state index in [1.807, 2.05) is 11.3 Å². The summed E-state index contributed by atoms with van der Waals surface area (Å²) in [6.07, 6.45) is 1.13. The van der Waals surface area contributed by atoms with Crippen molar-refractivity contribution in [3.05, 3.63) is 34.7 Å². The molecule has 0 aliphatic carbocycles. The third-order valence-corrected chi connectivity index (χ3v) is 3.88. The summed E-state index contributed by atoms with van der Waals surface area (Å²) in [7, 11) is 0. The Kier molecular flexibility index (Phi) is 3.39. The quantitative estimate of drug-likeness (QED) is 0.829. The van der Waals surface area contributed by atoms with Crippen molar-refractivity contribution in [1.29, 1.82) is 0 Å². The predicted octanol–water partition coefficient (Wildman–Crippen LogP) is 3.57. The molecule has 15 heavy (non-hydrogen) atoms. The Morgan fingerprint density at radius 3 is 2.73 bits per heavy atom. The van der Waals surface area contributed by atoms with Gasteiger partial charge in [0.05, 0.1) is 0 Å². The van der Waals surface area contributed by atoms with Crippen LogP contribution in [0.5, 0.6) is 0 Å². The number of benzene rings is 1. The largest absolute Gasteiger partial charge is 0.312 e. The van der Waals surface area contributed by atoms with Gasteiger partial charge in [0.25, 0.3) is 0 Å². The number of hydrogen-bond donors (Lipinski definition) is 1. The second kappa shape index (κ2) is 4.77. The first-order valence-electron chi connectivity index (χ1n) is 5.56. The van der Waals surface area contributed by atoms with Gasteiger partial charge >= 0.3 is 0 Å². The molecule has 0 atom stereocenters. The summed E-state index contributed by atoms with van der Waals surface area (Å²) < 4.78 is 1.42. The fraction of sp³-hybridized carbons (Fsp3) is 0.385. The number of hydrogen-bond acceptors (Lipinski definition) is 2. The highest BCUT2D eigenvalue weighted by Gasteiger charge is 2.08. The van der Waals surface area contributed by atoms with Gasteiger partial charge in [0.15, 0.2) is 0 Å². The van der Waals surface area contributed by atoms with E-state index in [0.717, 1.165) is 19.5 Å². The van der Waals surface area contributed by atoms with Crippen LogP contribution in [0.4, 0.5) is 0 Å². The molecular weight excluding hydrogens is 202 g/mol. The first-order valence-corrected chi connectivity index (χ1v) is 6.38. The van der Waals surface area contributed by atoms with E-state index >= 15 is 0 Å². The van der Waals surface area contributed by atoms with Gasteiger partial charge in [-0.25, -0.2) is 0 Å². The Labute approximate surface area is 95.1 Å². The summed E-state index contributed by atoms with van der Waals surface area (Å²) in [5, 5.41) is 4.85. The Morgan fingerprint density at radius 1 is 1.20 bits per heavy atom. The molecule has 0 aliphatic rings. The molecule has 1 heterocycles. The number of fused-ring (bicyclic) bond motifs is 1. The van der Waals surface area contributed by atoms with Gasteiger partial charge in [-0.05, 0) is 30.0 Å². The normalized spacial score (nSPS) is 11.1. The lowest BCUT2D eigenvalue weighted by Crippen LogP contribution is -2.11. The van der Waals surface area contributed by atoms with E-state index in [9.17, 15) is 0 Å². The highest BCUT2D eigenvalue weighted by Crippen LogP contribution is 2.31. The second-order valence-electron chi connectivity index (χ2n) is 3.63. The van der Waals surface area contributed by atoms with Crippen LogP contribution in [0, 0.1) is 0 Å². The van der Waals surface area contributed by atoms with E-state index in [-0.39, 0.29) is 0 Å². The van der Waals surface area contributed by atoms with Crippen LogP contribution in [0.2, 0.25) is 0 Å². The number of thiophene rings is 1. The molecule has 0 unspecified atom stereocenters. The molecule has 1 nitrogen and oxygen atoms in total. The van der Waals surface area contributed by atoms with Crippen molar-refractivity contribution in [3.8, 4) is 0 Å². The third kappa shape index (κ3) is 2.06. The molecule has 2 heteroatoms. The molecule has 80 valence electrons. The lowest BCUT2D eigenvalue weighted by Gasteiger charge is -2.01. The summed E-state index contributed by atoms with van der Waals surface area (Å²) in [6.45, 7) is 6.44. The van der Waals surface area contributed by atoms with E-state index in [1.54, 1.807) is 0 Å². The Morgan fingerprint density at radius 2 is 2.00 bits per heavy atom. The Balaban J connectivity index is 2.44. The zero-order valence-electron chi connectivity index (χ0n) is 9.34. The maximum Gasteiger partial charge on any atom is 0.0349 e. The van der Waals surface area contributed by atoms with Gasteiger partial charge in [-0.3, -0.25) is 0 Å². The molecule has 1 N–H and O–H groups in total. The molecule has 0 saturated carbocycles. The maximum atomic E-state index is 3.41. The summed E-state index contributed by atoms with van der Waals surface area (Å²) >= 11 is 1.93. The number of aryl methyl sites for hydroxylation is 1. The van der Waals surface area contributed by atoms with Gasteiger partial charge in [-0.1, -0.05) is 32.0 Å². The van der Waals surface area contributed by atoms with Gasteiger partial charge in [0, 0.05) is 16.1 Å². The topological polar surface area (TPSA) is 12.0 Å². The lowest BCUT2D eigenvalue weighted by molar-refractivity contribution is 0.731. The van der Waals surface area contributed by atoms with E-state index in [4.69, 9.17) is 0 Å². The fourth-order valence-corrected chi connectivity index (χ4v) is 3.18. The van der Waals surface area contributed by atoms with Crippen LogP contribution in [-0.2, 0) is 13.0 Å². The highest BCUT2D eigenvalue weighted by molar-refractivity contribution is 7.19. The molecule has 2 rings (SSSR count). The van der Waals surface area contributed by atoms with Crippen LogP contribution in [0.15, 0.2) is 24.3 Å². The van der Waals surface area contributed by atoms with Gasteiger partial charge in [0.1, 0.15) is 0 Å². The minimum atomic E-state index is 1.01. The maximum absolute atomic E-state index is 3.41. The van der Waals surface area contributed by atoms with Crippen LogP contribution >= 0.6 is 11.3 Å². The van der Waals surface area contributed by atoms with Crippen molar-refractivity contribution in [2.45, 2.75) is 26.8 Å². The first kappa shape index (κ1) is 10.7. The molecule has 1 aromatic heterocycles. The summed E-state index contributed by atoms with van der Waals surface area (Å²) in [4.78, 5) is 1.50. The van der Waals surface area contributed by atoms with E-state index in [0.29, 0.717) is 0 Å². The van der Waals surface area contributed by atoms with E-state index in [2.05, 4.69) is 43.4 Å². The molecule has 0 amide bonds. The van der Waals surface area contributed by atoms with Crippen LogP contribution in [0.3, 0.4) is 0 Å². The van der Waals surface area contributed by atoms with E-state index < -0.39 is 0 Å². The van der Waals surface area contributed by atoms with Crippen molar-refractivity contribution < 1.29 is 0 Å². The standard InChI is InChI=1S/C13H17NS/c1-3-10-11-7-5-6-8-12(11)15-13(10)9-14-4-2/h5-8,14H,3-4,9H2,1-2H3. The zero-order valence-corrected chi connectivity index (χ0v) is 10.2. The molecule has 0 saturated heterocycles. The number of rotatable bonds is 4. The zero-order chi connectivity index (χ0) is 10.7. The van der Waals surface area contributed by atoms with Crippen molar-refractivity contribution in [2.75, 3.05) is 6.54 Å². The number of nitrogens with one attached hydrogen (secondary N) is 1.